The van der Waals surface area contributed by atoms with Gasteiger partial charge in [0.15, 0.2) is 0 Å². The van der Waals surface area contributed by atoms with Gasteiger partial charge in [-0.05, 0) is 59.7 Å². The van der Waals surface area contributed by atoms with E-state index in [2.05, 4.69) is 20.9 Å². The van der Waals surface area contributed by atoms with Crippen LogP contribution in [0.3, 0.4) is 0 Å². The Morgan fingerprint density at radius 2 is 1.63 bits per heavy atom. The molecule has 0 fully saturated rings. The summed E-state index contributed by atoms with van der Waals surface area (Å²) >= 11 is 3.59. The SMILES string of the molecule is COc1ccc([C@@H]2CC(c3c(-c4ccccc4)c4cc(Br)ccc4[nH]c3=O)=NN2C(=O)c2cccc(OC)c2)cc1. The molecule has 7 nitrogen and oxygen atoms in total. The topological polar surface area (TPSA) is 84.0 Å². The number of carbonyl (C=O) groups is 1. The third-order valence-electron chi connectivity index (χ3n) is 7.26. The maximum absolute atomic E-state index is 13.9. The lowest BCUT2D eigenvalue weighted by atomic mass is 9.91. The summed E-state index contributed by atoms with van der Waals surface area (Å²) in [6.45, 7) is 0. The van der Waals surface area contributed by atoms with Crippen molar-refractivity contribution in [3.05, 3.63) is 129 Å². The van der Waals surface area contributed by atoms with Gasteiger partial charge < -0.3 is 14.5 Å². The molecule has 0 spiro atoms. The Morgan fingerprint density at radius 3 is 2.37 bits per heavy atom. The van der Waals surface area contributed by atoms with E-state index in [1.54, 1.807) is 38.5 Å². The predicted molar refractivity (Wildman–Crippen MR) is 164 cm³/mol. The monoisotopic (exact) mass is 607 g/mol. The van der Waals surface area contributed by atoms with Crippen LogP contribution in [0.25, 0.3) is 22.0 Å². The molecular weight excluding hydrogens is 582 g/mol. The summed E-state index contributed by atoms with van der Waals surface area (Å²) < 4.78 is 11.6. The van der Waals surface area contributed by atoms with E-state index >= 15 is 0 Å². The van der Waals surface area contributed by atoms with Crippen LogP contribution in [0.1, 0.15) is 33.9 Å². The molecule has 4 aromatic carbocycles. The molecule has 204 valence electrons. The number of halogens is 1. The number of nitrogens with zero attached hydrogens (tertiary/aromatic N) is 2. The summed E-state index contributed by atoms with van der Waals surface area (Å²) in [5, 5.41) is 7.22. The van der Waals surface area contributed by atoms with Crippen LogP contribution in [0, 0.1) is 0 Å². The van der Waals surface area contributed by atoms with Crippen molar-refractivity contribution < 1.29 is 14.3 Å². The molecule has 0 aliphatic carbocycles. The number of hydrogen-bond acceptors (Lipinski definition) is 5. The summed E-state index contributed by atoms with van der Waals surface area (Å²) in [7, 11) is 3.17. The van der Waals surface area contributed by atoms with Gasteiger partial charge >= 0.3 is 0 Å². The molecule has 1 aromatic heterocycles. The van der Waals surface area contributed by atoms with Crippen molar-refractivity contribution in [3.63, 3.8) is 0 Å². The van der Waals surface area contributed by atoms with Crippen molar-refractivity contribution in [3.8, 4) is 22.6 Å². The van der Waals surface area contributed by atoms with Crippen molar-refractivity contribution in [2.75, 3.05) is 14.2 Å². The van der Waals surface area contributed by atoms with Crippen molar-refractivity contribution in [2.24, 2.45) is 5.10 Å². The quantitative estimate of drug-likeness (QED) is 0.226. The number of pyridine rings is 1. The minimum atomic E-state index is -0.434. The first-order chi connectivity index (χ1) is 20.0. The Hall–Kier alpha value is -4.69. The molecule has 1 N–H and O–H groups in total. The Balaban J connectivity index is 1.55. The zero-order valence-electron chi connectivity index (χ0n) is 22.4. The second kappa shape index (κ2) is 11.1. The standard InChI is InChI=1S/C33H26BrN3O4/c1-40-24-14-11-20(12-15-24)29-19-28(36-37(29)33(39)22-9-6-10-25(17-22)41-2)31-30(21-7-4-3-5-8-21)26-18-23(34)13-16-27(26)35-32(31)38/h3-18,29H,19H2,1-2H3,(H,35,38)/t29-/m0/s1. The molecule has 0 unspecified atom stereocenters. The van der Waals surface area contributed by atoms with E-state index in [4.69, 9.17) is 14.6 Å². The predicted octanol–water partition coefficient (Wildman–Crippen LogP) is 6.97. The average molecular weight is 608 g/mol. The van der Waals surface area contributed by atoms with Crippen molar-refractivity contribution >= 4 is 38.5 Å². The first-order valence-corrected chi connectivity index (χ1v) is 13.9. The molecule has 0 saturated carbocycles. The number of nitrogens with one attached hydrogen (secondary N) is 1. The Kier molecular flexibility index (Phi) is 7.15. The molecule has 1 amide bonds. The summed E-state index contributed by atoms with van der Waals surface area (Å²) in [6.07, 6.45) is 0.352. The van der Waals surface area contributed by atoms with Gasteiger partial charge in [-0.3, -0.25) is 9.59 Å². The molecule has 41 heavy (non-hydrogen) atoms. The van der Waals surface area contributed by atoms with Gasteiger partial charge in [0.25, 0.3) is 11.5 Å². The lowest BCUT2D eigenvalue weighted by molar-refractivity contribution is 0.0711. The normalized spacial score (nSPS) is 14.7. The molecule has 6 rings (SSSR count). The smallest absolute Gasteiger partial charge is 0.274 e. The van der Waals surface area contributed by atoms with E-state index in [1.165, 1.54) is 5.01 Å². The Labute approximate surface area is 245 Å². The molecule has 1 aliphatic rings. The largest absolute Gasteiger partial charge is 0.497 e. The van der Waals surface area contributed by atoms with Crippen LogP contribution in [0.15, 0.2) is 111 Å². The molecule has 1 aliphatic heterocycles. The number of amides is 1. The fraction of sp³-hybridized carbons (Fsp3) is 0.121. The van der Waals surface area contributed by atoms with Gasteiger partial charge in [0, 0.05) is 32.9 Å². The highest BCUT2D eigenvalue weighted by atomic mass is 79.9. The number of rotatable bonds is 6. The van der Waals surface area contributed by atoms with E-state index in [1.807, 2.05) is 72.8 Å². The van der Waals surface area contributed by atoms with Gasteiger partial charge in [-0.2, -0.15) is 5.10 Å². The molecule has 8 heteroatoms. The Bertz CT molecular complexity index is 1850. The van der Waals surface area contributed by atoms with Crippen LogP contribution in [0.4, 0.5) is 0 Å². The van der Waals surface area contributed by atoms with Gasteiger partial charge in [-0.15, -0.1) is 0 Å². The lowest BCUT2D eigenvalue weighted by Gasteiger charge is -2.22. The molecular formula is C33H26BrN3O4. The summed E-state index contributed by atoms with van der Waals surface area (Å²) in [5.74, 6) is 0.991. The zero-order valence-corrected chi connectivity index (χ0v) is 24.0. The highest BCUT2D eigenvalue weighted by molar-refractivity contribution is 9.10. The fourth-order valence-electron chi connectivity index (χ4n) is 5.27. The van der Waals surface area contributed by atoms with E-state index in [-0.39, 0.29) is 11.5 Å². The maximum atomic E-state index is 13.9. The lowest BCUT2D eigenvalue weighted by Crippen LogP contribution is -2.27. The van der Waals surface area contributed by atoms with Gasteiger partial charge in [-0.1, -0.05) is 64.5 Å². The number of hydrogen-bond donors (Lipinski definition) is 1. The first-order valence-electron chi connectivity index (χ1n) is 13.1. The highest BCUT2D eigenvalue weighted by Gasteiger charge is 2.36. The third kappa shape index (κ3) is 5.02. The van der Waals surface area contributed by atoms with E-state index < -0.39 is 6.04 Å². The third-order valence-corrected chi connectivity index (χ3v) is 7.76. The van der Waals surface area contributed by atoms with Gasteiger partial charge in [0.1, 0.15) is 11.5 Å². The average Bonchev–Trinajstić information content (AvgIpc) is 3.45. The van der Waals surface area contributed by atoms with Crippen LogP contribution in [-0.4, -0.2) is 35.8 Å². The summed E-state index contributed by atoms with van der Waals surface area (Å²) in [5.41, 5.74) is 4.41. The van der Waals surface area contributed by atoms with Crippen molar-refractivity contribution in [1.29, 1.82) is 0 Å². The number of H-pyrrole nitrogens is 1. The number of benzene rings is 4. The number of ether oxygens (including phenoxy) is 2. The molecule has 5 aromatic rings. The van der Waals surface area contributed by atoms with Crippen LogP contribution < -0.4 is 15.0 Å². The zero-order chi connectivity index (χ0) is 28.5. The minimum Gasteiger partial charge on any atom is -0.497 e. The number of carbonyl (C=O) groups excluding carboxylic acids is 1. The molecule has 0 radical (unpaired) electrons. The number of hydrazone groups is 1. The summed E-state index contributed by atoms with van der Waals surface area (Å²) in [6, 6.07) is 29.7. The van der Waals surface area contributed by atoms with Gasteiger partial charge in [-0.25, -0.2) is 5.01 Å². The van der Waals surface area contributed by atoms with E-state index in [0.717, 1.165) is 32.1 Å². The van der Waals surface area contributed by atoms with Gasteiger partial charge in [0.2, 0.25) is 0 Å². The number of aromatic amines is 1. The Morgan fingerprint density at radius 1 is 0.878 bits per heavy atom. The molecule has 0 bridgehead atoms. The van der Waals surface area contributed by atoms with E-state index in [9.17, 15) is 9.59 Å². The number of methoxy groups -OCH3 is 2. The maximum Gasteiger partial charge on any atom is 0.274 e. The number of aromatic nitrogens is 1. The van der Waals surface area contributed by atoms with Crippen molar-refractivity contribution in [1.82, 2.24) is 9.99 Å². The van der Waals surface area contributed by atoms with E-state index in [0.29, 0.717) is 34.8 Å². The first kappa shape index (κ1) is 26.5. The van der Waals surface area contributed by atoms with Gasteiger partial charge in [0.05, 0.1) is 31.5 Å². The second-order valence-corrected chi connectivity index (χ2v) is 10.6. The minimum absolute atomic E-state index is 0.262. The van der Waals surface area contributed by atoms with Crippen LogP contribution in [0.5, 0.6) is 11.5 Å². The van der Waals surface area contributed by atoms with Crippen LogP contribution in [-0.2, 0) is 0 Å². The van der Waals surface area contributed by atoms with Crippen LogP contribution >= 0.6 is 15.9 Å². The molecule has 2 heterocycles. The van der Waals surface area contributed by atoms with Crippen molar-refractivity contribution in [2.45, 2.75) is 12.5 Å². The van der Waals surface area contributed by atoms with Crippen LogP contribution in [0.2, 0.25) is 0 Å². The second-order valence-electron chi connectivity index (χ2n) is 9.68. The molecule has 0 saturated heterocycles. The summed E-state index contributed by atoms with van der Waals surface area (Å²) in [4.78, 5) is 30.8. The highest BCUT2D eigenvalue weighted by Crippen LogP contribution is 2.38. The fourth-order valence-corrected chi connectivity index (χ4v) is 5.63. The number of fused-ring (bicyclic) bond motifs is 1. The molecule has 1 atom stereocenters.